The number of nitrogens with zero attached hydrogens (tertiary/aromatic N) is 2. The zero-order valence-corrected chi connectivity index (χ0v) is 20.7. The van der Waals surface area contributed by atoms with Crippen LogP contribution in [0.15, 0.2) is 48.5 Å². The van der Waals surface area contributed by atoms with Gasteiger partial charge in [-0.05, 0) is 60.7 Å². The van der Waals surface area contributed by atoms with Crippen molar-refractivity contribution in [3.8, 4) is 17.6 Å². The van der Waals surface area contributed by atoms with Crippen molar-refractivity contribution in [1.29, 1.82) is 0 Å². The van der Waals surface area contributed by atoms with Crippen LogP contribution >= 0.6 is 0 Å². The number of anilines is 1. The lowest BCUT2D eigenvalue weighted by atomic mass is 9.73. The SMILES string of the molecule is COc1ccc(NC(=O)N2CC(=O)N3[C@@H](CO)[C@@H](c4ccc(C#CCC5CCCC5)cc4)[C@@H]3C2)cc1. The second-order valence-electron chi connectivity index (χ2n) is 9.96. The van der Waals surface area contributed by atoms with E-state index < -0.39 is 0 Å². The van der Waals surface area contributed by atoms with Crippen molar-refractivity contribution in [1.82, 2.24) is 9.80 Å². The third kappa shape index (κ3) is 4.91. The van der Waals surface area contributed by atoms with E-state index in [1.165, 1.54) is 25.7 Å². The van der Waals surface area contributed by atoms with Crippen LogP contribution in [0.5, 0.6) is 5.75 Å². The van der Waals surface area contributed by atoms with Crippen LogP contribution in [0, 0.1) is 17.8 Å². The number of hydrogen-bond acceptors (Lipinski definition) is 4. The van der Waals surface area contributed by atoms with Crippen molar-refractivity contribution in [2.45, 2.75) is 50.1 Å². The molecule has 1 saturated carbocycles. The Hall–Kier alpha value is -3.50. The number of carbonyl (C=O) groups is 2. The fraction of sp³-hybridized carbons (Fsp3) is 0.448. The van der Waals surface area contributed by atoms with Gasteiger partial charge in [0.05, 0.1) is 25.8 Å². The number of rotatable bonds is 5. The Bertz CT molecular complexity index is 1150. The summed E-state index contributed by atoms with van der Waals surface area (Å²) in [6, 6.07) is 14.5. The number of ether oxygens (including phenoxy) is 1. The van der Waals surface area contributed by atoms with Crippen molar-refractivity contribution in [3.05, 3.63) is 59.7 Å². The maximum Gasteiger partial charge on any atom is 0.322 e. The Balaban J connectivity index is 1.25. The molecule has 0 aromatic heterocycles. The maximum atomic E-state index is 12.9. The van der Waals surface area contributed by atoms with Gasteiger partial charge in [0.1, 0.15) is 12.3 Å². The molecule has 3 atom stereocenters. The van der Waals surface area contributed by atoms with Crippen molar-refractivity contribution in [3.63, 3.8) is 0 Å². The molecule has 5 rings (SSSR count). The summed E-state index contributed by atoms with van der Waals surface area (Å²) in [6.45, 7) is 0.308. The molecule has 2 N–H and O–H groups in total. The molecule has 7 nitrogen and oxygen atoms in total. The molecule has 2 aromatic rings. The first-order valence-corrected chi connectivity index (χ1v) is 12.8. The molecule has 36 heavy (non-hydrogen) atoms. The van der Waals surface area contributed by atoms with Crippen molar-refractivity contribution >= 4 is 17.6 Å². The zero-order valence-electron chi connectivity index (χ0n) is 20.7. The zero-order chi connectivity index (χ0) is 25.1. The molecular formula is C29H33N3O4. The third-order valence-electron chi connectivity index (χ3n) is 7.77. The molecule has 3 fully saturated rings. The topological polar surface area (TPSA) is 82.1 Å². The number of nitrogens with one attached hydrogen (secondary N) is 1. The summed E-state index contributed by atoms with van der Waals surface area (Å²) in [7, 11) is 1.59. The summed E-state index contributed by atoms with van der Waals surface area (Å²) in [6.07, 6.45) is 6.21. The molecule has 7 heteroatoms. The highest BCUT2D eigenvalue weighted by molar-refractivity contribution is 5.93. The molecule has 3 aliphatic rings. The summed E-state index contributed by atoms with van der Waals surface area (Å²) in [5, 5.41) is 12.9. The smallest absolute Gasteiger partial charge is 0.322 e. The minimum atomic E-state index is -0.313. The Kier molecular flexibility index (Phi) is 7.15. The Morgan fingerprint density at radius 1 is 1.11 bits per heavy atom. The quantitative estimate of drug-likeness (QED) is 0.628. The van der Waals surface area contributed by atoms with Crippen LogP contribution in [0.25, 0.3) is 0 Å². The predicted molar refractivity (Wildman–Crippen MR) is 138 cm³/mol. The van der Waals surface area contributed by atoms with Gasteiger partial charge in [-0.1, -0.05) is 36.8 Å². The van der Waals surface area contributed by atoms with E-state index >= 15 is 0 Å². The molecule has 0 unspecified atom stereocenters. The molecule has 2 saturated heterocycles. The number of carbonyl (C=O) groups excluding carboxylic acids is 2. The highest BCUT2D eigenvalue weighted by Crippen LogP contribution is 2.43. The lowest BCUT2D eigenvalue weighted by Crippen LogP contribution is -2.73. The minimum absolute atomic E-state index is 0.00275. The van der Waals surface area contributed by atoms with Gasteiger partial charge in [0.15, 0.2) is 0 Å². The second kappa shape index (κ2) is 10.6. The van der Waals surface area contributed by atoms with E-state index in [9.17, 15) is 14.7 Å². The molecular weight excluding hydrogens is 454 g/mol. The van der Waals surface area contributed by atoms with Crippen molar-refractivity contribution in [2.24, 2.45) is 5.92 Å². The number of methoxy groups -OCH3 is 1. The highest BCUT2D eigenvalue weighted by Gasteiger charge is 2.54. The number of benzene rings is 2. The summed E-state index contributed by atoms with van der Waals surface area (Å²) in [5.74, 6) is 7.90. The fourth-order valence-corrected chi connectivity index (χ4v) is 5.83. The number of aliphatic hydroxyl groups is 1. The second-order valence-corrected chi connectivity index (χ2v) is 9.96. The van der Waals surface area contributed by atoms with E-state index in [1.807, 2.05) is 24.3 Å². The van der Waals surface area contributed by atoms with Gasteiger partial charge in [0.2, 0.25) is 5.91 Å². The van der Waals surface area contributed by atoms with E-state index in [2.05, 4.69) is 17.2 Å². The van der Waals surface area contributed by atoms with Crippen LogP contribution in [-0.4, -0.2) is 65.7 Å². The van der Waals surface area contributed by atoms with E-state index in [0.29, 0.717) is 18.0 Å². The van der Waals surface area contributed by atoms with Crippen LogP contribution in [-0.2, 0) is 4.79 Å². The highest BCUT2D eigenvalue weighted by atomic mass is 16.5. The van der Waals surface area contributed by atoms with Gasteiger partial charge in [-0.3, -0.25) is 4.79 Å². The molecule has 2 aromatic carbocycles. The van der Waals surface area contributed by atoms with Gasteiger partial charge in [0, 0.05) is 30.1 Å². The lowest BCUT2D eigenvalue weighted by Gasteiger charge is -2.58. The standard InChI is InChI=1S/C29H33N3O4/c1-36-24-15-13-23(14-16-24)30-29(35)31-17-25-28(26(19-33)32(25)27(34)18-31)22-11-9-21(10-12-22)8-4-7-20-5-2-3-6-20/h9-16,20,25-26,28,33H,2-3,5-7,17-19H2,1H3,(H,30,35)/t25-,26-,28-/m0/s1. The molecule has 1 aliphatic carbocycles. The Morgan fingerprint density at radius 3 is 2.50 bits per heavy atom. The molecule has 0 radical (unpaired) electrons. The number of hydrogen-bond donors (Lipinski definition) is 2. The van der Waals surface area contributed by atoms with Gasteiger partial charge in [-0.2, -0.15) is 0 Å². The number of amides is 3. The monoisotopic (exact) mass is 487 g/mol. The third-order valence-corrected chi connectivity index (χ3v) is 7.77. The predicted octanol–water partition coefficient (Wildman–Crippen LogP) is 3.83. The van der Waals surface area contributed by atoms with Gasteiger partial charge < -0.3 is 25.0 Å². The number of urea groups is 1. The summed E-state index contributed by atoms with van der Waals surface area (Å²) >= 11 is 0. The average Bonchev–Trinajstić information content (AvgIpc) is 3.40. The molecule has 2 heterocycles. The summed E-state index contributed by atoms with van der Waals surface area (Å²) in [5.41, 5.74) is 2.68. The van der Waals surface area contributed by atoms with Crippen LogP contribution in [0.3, 0.4) is 0 Å². The van der Waals surface area contributed by atoms with Gasteiger partial charge in [-0.15, -0.1) is 0 Å². The number of fused-ring (bicyclic) bond motifs is 1. The first kappa shape index (κ1) is 24.2. The van der Waals surface area contributed by atoms with E-state index in [0.717, 1.165) is 23.5 Å². The molecule has 3 amide bonds. The molecule has 0 spiro atoms. The first-order chi connectivity index (χ1) is 17.6. The van der Waals surface area contributed by atoms with Gasteiger partial charge >= 0.3 is 6.03 Å². The number of aliphatic hydroxyl groups excluding tert-OH is 1. The van der Waals surface area contributed by atoms with Crippen molar-refractivity contribution in [2.75, 3.05) is 32.1 Å². The summed E-state index contributed by atoms with van der Waals surface area (Å²) in [4.78, 5) is 29.1. The Morgan fingerprint density at radius 2 is 1.83 bits per heavy atom. The van der Waals surface area contributed by atoms with Crippen LogP contribution in [0.1, 0.15) is 49.1 Å². The minimum Gasteiger partial charge on any atom is -0.497 e. The lowest BCUT2D eigenvalue weighted by molar-refractivity contribution is -0.159. The molecule has 2 aliphatic heterocycles. The average molecular weight is 488 g/mol. The maximum absolute atomic E-state index is 12.9. The Labute approximate surface area is 212 Å². The summed E-state index contributed by atoms with van der Waals surface area (Å²) < 4.78 is 5.16. The van der Waals surface area contributed by atoms with E-state index in [4.69, 9.17) is 4.74 Å². The number of piperazine rings is 1. The molecule has 188 valence electrons. The van der Waals surface area contributed by atoms with Crippen LogP contribution < -0.4 is 10.1 Å². The van der Waals surface area contributed by atoms with Gasteiger partial charge in [0.25, 0.3) is 0 Å². The normalized spacial score (nSPS) is 23.4. The largest absolute Gasteiger partial charge is 0.497 e. The first-order valence-electron chi connectivity index (χ1n) is 12.8. The fourth-order valence-electron chi connectivity index (χ4n) is 5.83. The van der Waals surface area contributed by atoms with E-state index in [1.54, 1.807) is 41.2 Å². The van der Waals surface area contributed by atoms with Gasteiger partial charge in [-0.25, -0.2) is 4.79 Å². The molecule has 0 bridgehead atoms. The van der Waals surface area contributed by atoms with Crippen LogP contribution in [0.2, 0.25) is 0 Å². The van der Waals surface area contributed by atoms with Crippen LogP contribution in [0.4, 0.5) is 10.5 Å². The van der Waals surface area contributed by atoms with Crippen molar-refractivity contribution < 1.29 is 19.4 Å². The van der Waals surface area contributed by atoms with E-state index in [-0.39, 0.29) is 43.1 Å².